The minimum atomic E-state index is -0.242. The average Bonchev–Trinajstić information content (AvgIpc) is 3.11. The summed E-state index contributed by atoms with van der Waals surface area (Å²) in [6.07, 6.45) is 0.135. The number of benzene rings is 1. The molecular weight excluding hydrogens is 390 g/mol. The second-order valence-electron chi connectivity index (χ2n) is 7.09. The fourth-order valence-corrected chi connectivity index (χ4v) is 3.73. The number of anilines is 2. The summed E-state index contributed by atoms with van der Waals surface area (Å²) in [4.78, 5) is 43.7. The Hall–Kier alpha value is -2.94. The van der Waals surface area contributed by atoms with Crippen LogP contribution in [0.4, 0.5) is 15.6 Å². The predicted molar refractivity (Wildman–Crippen MR) is 113 cm³/mol. The third-order valence-electron chi connectivity index (χ3n) is 4.91. The van der Waals surface area contributed by atoms with E-state index in [1.54, 1.807) is 15.2 Å². The molecule has 2 N–H and O–H groups in total. The molecule has 0 aliphatic carbocycles. The van der Waals surface area contributed by atoms with Crippen LogP contribution in [0.1, 0.15) is 23.7 Å². The van der Waals surface area contributed by atoms with Gasteiger partial charge < -0.3 is 15.1 Å². The predicted octanol–water partition coefficient (Wildman–Crippen LogP) is 2.64. The zero-order chi connectivity index (χ0) is 21.0. The fourth-order valence-electron chi connectivity index (χ4n) is 3.03. The van der Waals surface area contributed by atoms with E-state index in [9.17, 15) is 14.4 Å². The first-order valence-electron chi connectivity index (χ1n) is 9.45. The molecule has 1 aliphatic heterocycles. The summed E-state index contributed by atoms with van der Waals surface area (Å²) in [5.41, 5.74) is 3.65. The van der Waals surface area contributed by atoms with E-state index >= 15 is 0 Å². The summed E-state index contributed by atoms with van der Waals surface area (Å²) < 4.78 is 0. The van der Waals surface area contributed by atoms with Crippen molar-refractivity contribution in [2.75, 3.05) is 36.8 Å². The Bertz CT molecular complexity index is 919. The minimum absolute atomic E-state index is 0.0219. The van der Waals surface area contributed by atoms with Gasteiger partial charge in [0.2, 0.25) is 11.8 Å². The van der Waals surface area contributed by atoms with Gasteiger partial charge in [-0.25, -0.2) is 9.78 Å². The van der Waals surface area contributed by atoms with Gasteiger partial charge in [-0.15, -0.1) is 11.3 Å². The molecule has 0 unspecified atom stereocenters. The number of piperazine rings is 1. The lowest BCUT2D eigenvalue weighted by Gasteiger charge is -2.33. The maximum atomic E-state index is 12.4. The molecule has 4 amide bonds. The highest BCUT2D eigenvalue weighted by molar-refractivity contribution is 7.13. The molecular formula is C20H25N5O3S. The van der Waals surface area contributed by atoms with Crippen molar-refractivity contribution in [1.82, 2.24) is 14.8 Å². The maximum Gasteiger partial charge on any atom is 0.323 e. The largest absolute Gasteiger partial charge is 0.339 e. The van der Waals surface area contributed by atoms with E-state index in [1.807, 2.05) is 32.0 Å². The number of aromatic nitrogens is 1. The first-order chi connectivity index (χ1) is 13.8. The van der Waals surface area contributed by atoms with Gasteiger partial charge in [-0.3, -0.25) is 14.9 Å². The van der Waals surface area contributed by atoms with Crippen LogP contribution in [0.3, 0.4) is 0 Å². The van der Waals surface area contributed by atoms with Crippen molar-refractivity contribution in [1.29, 1.82) is 0 Å². The minimum Gasteiger partial charge on any atom is -0.339 e. The molecule has 2 aromatic rings. The summed E-state index contributed by atoms with van der Waals surface area (Å²) >= 11 is 1.29. The SMILES string of the molecule is CC(=O)N1CCN(C(=O)Nc2nc(CC(=O)Nc3ccc(C)c(C)c3)cs2)CC1. The smallest absolute Gasteiger partial charge is 0.323 e. The molecule has 154 valence electrons. The van der Waals surface area contributed by atoms with Gasteiger partial charge in [-0.1, -0.05) is 6.07 Å². The Balaban J connectivity index is 1.50. The number of aryl methyl sites for hydroxylation is 2. The number of urea groups is 1. The van der Waals surface area contributed by atoms with Crippen molar-refractivity contribution in [2.24, 2.45) is 0 Å². The lowest BCUT2D eigenvalue weighted by atomic mass is 10.1. The Morgan fingerprint density at radius 3 is 2.38 bits per heavy atom. The molecule has 0 saturated carbocycles. The van der Waals surface area contributed by atoms with Crippen LogP contribution in [0.15, 0.2) is 23.6 Å². The number of nitrogens with zero attached hydrogens (tertiary/aromatic N) is 3. The highest BCUT2D eigenvalue weighted by atomic mass is 32.1. The van der Waals surface area contributed by atoms with Crippen LogP contribution in [0, 0.1) is 13.8 Å². The second kappa shape index (κ2) is 9.04. The fraction of sp³-hybridized carbons (Fsp3) is 0.400. The van der Waals surface area contributed by atoms with Crippen molar-refractivity contribution in [3.8, 4) is 0 Å². The Morgan fingerprint density at radius 1 is 1.03 bits per heavy atom. The van der Waals surface area contributed by atoms with Crippen molar-refractivity contribution >= 4 is 40.0 Å². The van der Waals surface area contributed by atoms with Gasteiger partial charge in [0.25, 0.3) is 0 Å². The molecule has 1 saturated heterocycles. The third kappa shape index (κ3) is 5.54. The van der Waals surface area contributed by atoms with Crippen LogP contribution in [0.25, 0.3) is 0 Å². The zero-order valence-corrected chi connectivity index (χ0v) is 17.6. The molecule has 8 nitrogen and oxygen atoms in total. The maximum absolute atomic E-state index is 12.4. The molecule has 0 spiro atoms. The summed E-state index contributed by atoms with van der Waals surface area (Å²) in [6, 6.07) is 5.54. The molecule has 0 bridgehead atoms. The quantitative estimate of drug-likeness (QED) is 0.803. The van der Waals surface area contributed by atoms with Gasteiger partial charge in [-0.05, 0) is 37.1 Å². The number of rotatable bonds is 4. The molecule has 0 radical (unpaired) electrons. The normalized spacial score (nSPS) is 13.9. The van der Waals surface area contributed by atoms with Crippen LogP contribution in [-0.2, 0) is 16.0 Å². The molecule has 1 fully saturated rings. The number of carbonyl (C=O) groups is 3. The second-order valence-corrected chi connectivity index (χ2v) is 7.95. The summed E-state index contributed by atoms with van der Waals surface area (Å²) in [5, 5.41) is 7.87. The number of thiazole rings is 1. The van der Waals surface area contributed by atoms with E-state index in [1.165, 1.54) is 23.8 Å². The highest BCUT2D eigenvalue weighted by Crippen LogP contribution is 2.18. The first kappa shape index (κ1) is 20.8. The van der Waals surface area contributed by atoms with Gasteiger partial charge >= 0.3 is 6.03 Å². The monoisotopic (exact) mass is 415 g/mol. The number of hydrogen-bond donors (Lipinski definition) is 2. The van der Waals surface area contributed by atoms with Gasteiger partial charge in [0.15, 0.2) is 5.13 Å². The van der Waals surface area contributed by atoms with Crippen molar-refractivity contribution in [3.05, 3.63) is 40.4 Å². The Kier molecular flexibility index (Phi) is 6.48. The van der Waals surface area contributed by atoms with E-state index in [2.05, 4.69) is 15.6 Å². The van der Waals surface area contributed by atoms with E-state index in [-0.39, 0.29) is 24.3 Å². The van der Waals surface area contributed by atoms with Crippen LogP contribution in [-0.4, -0.2) is 58.8 Å². The standard InChI is InChI=1S/C20H25N5O3S/c1-13-4-5-16(10-14(13)2)21-18(27)11-17-12-29-19(22-17)23-20(28)25-8-6-24(7-9-25)15(3)26/h4-5,10,12H,6-9,11H2,1-3H3,(H,21,27)(H,22,23,28). The van der Waals surface area contributed by atoms with Crippen molar-refractivity contribution in [3.63, 3.8) is 0 Å². The van der Waals surface area contributed by atoms with Gasteiger partial charge in [0.05, 0.1) is 12.1 Å². The molecule has 1 aromatic carbocycles. The van der Waals surface area contributed by atoms with E-state index in [4.69, 9.17) is 0 Å². The van der Waals surface area contributed by atoms with Crippen LogP contribution in [0.5, 0.6) is 0 Å². The number of amides is 4. The van der Waals surface area contributed by atoms with Gasteiger partial charge in [-0.2, -0.15) is 0 Å². The molecule has 1 aliphatic rings. The lowest BCUT2D eigenvalue weighted by molar-refractivity contribution is -0.130. The van der Waals surface area contributed by atoms with Crippen molar-refractivity contribution < 1.29 is 14.4 Å². The lowest BCUT2D eigenvalue weighted by Crippen LogP contribution is -2.51. The molecule has 3 rings (SSSR count). The molecule has 2 heterocycles. The number of carbonyl (C=O) groups excluding carboxylic acids is 3. The first-order valence-corrected chi connectivity index (χ1v) is 10.3. The molecule has 9 heteroatoms. The Labute approximate surface area is 173 Å². The zero-order valence-electron chi connectivity index (χ0n) is 16.8. The van der Waals surface area contributed by atoms with Crippen LogP contribution in [0.2, 0.25) is 0 Å². The number of nitrogens with one attached hydrogen (secondary N) is 2. The summed E-state index contributed by atoms with van der Waals surface area (Å²) in [6.45, 7) is 7.59. The van der Waals surface area contributed by atoms with E-state index in [0.717, 1.165) is 11.3 Å². The van der Waals surface area contributed by atoms with Crippen molar-refractivity contribution in [2.45, 2.75) is 27.2 Å². The molecule has 1 aromatic heterocycles. The van der Waals surface area contributed by atoms with Gasteiger partial charge in [0, 0.05) is 44.2 Å². The Morgan fingerprint density at radius 2 is 1.72 bits per heavy atom. The van der Waals surface area contributed by atoms with Crippen LogP contribution >= 0.6 is 11.3 Å². The van der Waals surface area contributed by atoms with E-state index in [0.29, 0.717) is 37.0 Å². The molecule has 29 heavy (non-hydrogen) atoms. The third-order valence-corrected chi connectivity index (χ3v) is 5.72. The summed E-state index contributed by atoms with van der Waals surface area (Å²) in [7, 11) is 0. The van der Waals surface area contributed by atoms with E-state index < -0.39 is 0 Å². The topological polar surface area (TPSA) is 94.6 Å². The average molecular weight is 416 g/mol. The molecule has 0 atom stereocenters. The number of hydrogen-bond acceptors (Lipinski definition) is 5. The summed E-state index contributed by atoms with van der Waals surface area (Å²) in [5.74, 6) is -0.134. The van der Waals surface area contributed by atoms with Crippen LogP contribution < -0.4 is 10.6 Å². The van der Waals surface area contributed by atoms with Gasteiger partial charge in [0.1, 0.15) is 0 Å². The highest BCUT2D eigenvalue weighted by Gasteiger charge is 2.23.